The van der Waals surface area contributed by atoms with Gasteiger partial charge in [-0.05, 0) is 37.1 Å². The van der Waals surface area contributed by atoms with Crippen LogP contribution in [0.1, 0.15) is 21.8 Å². The molecule has 1 aromatic carbocycles. The molecule has 0 bridgehead atoms. The SMILES string of the molecule is CNc1ccc(/C=C(\Cl)c2nc3sc(C)c(C)c3c(=O)[nH]2)cc1[N+](=O)[O-]. The lowest BCUT2D eigenvalue weighted by atomic mass is 10.1. The molecule has 0 aliphatic carbocycles. The predicted molar refractivity (Wildman–Crippen MR) is 106 cm³/mol. The summed E-state index contributed by atoms with van der Waals surface area (Å²) < 4.78 is 0. The molecule has 0 saturated heterocycles. The highest BCUT2D eigenvalue weighted by atomic mass is 35.5. The van der Waals surface area contributed by atoms with E-state index >= 15 is 0 Å². The number of thiophene rings is 1. The Morgan fingerprint density at radius 3 is 2.81 bits per heavy atom. The maximum Gasteiger partial charge on any atom is 0.292 e. The maximum absolute atomic E-state index is 12.3. The minimum absolute atomic E-state index is 0.0628. The number of hydrogen-bond acceptors (Lipinski definition) is 6. The van der Waals surface area contributed by atoms with Crippen LogP contribution in [0.25, 0.3) is 21.3 Å². The Labute approximate surface area is 157 Å². The number of nitrogens with zero attached hydrogens (tertiary/aromatic N) is 2. The fraction of sp³-hybridized carbons (Fsp3) is 0.176. The Hall–Kier alpha value is -2.71. The molecule has 0 unspecified atom stereocenters. The lowest BCUT2D eigenvalue weighted by Crippen LogP contribution is -2.10. The topological polar surface area (TPSA) is 101 Å². The highest BCUT2D eigenvalue weighted by molar-refractivity contribution is 7.18. The third-order valence-corrected chi connectivity index (χ3v) is 5.44. The van der Waals surface area contributed by atoms with E-state index in [2.05, 4.69) is 15.3 Å². The number of nitro benzene ring substituents is 1. The molecule has 134 valence electrons. The zero-order valence-electron chi connectivity index (χ0n) is 14.2. The van der Waals surface area contributed by atoms with Gasteiger partial charge < -0.3 is 10.3 Å². The third-order valence-electron chi connectivity index (χ3n) is 4.05. The van der Waals surface area contributed by atoms with E-state index in [-0.39, 0.29) is 22.1 Å². The van der Waals surface area contributed by atoms with Gasteiger partial charge in [-0.2, -0.15) is 0 Å². The molecule has 0 aliphatic rings. The first-order chi connectivity index (χ1) is 12.3. The number of anilines is 1. The Morgan fingerprint density at radius 2 is 2.15 bits per heavy atom. The average Bonchev–Trinajstić information content (AvgIpc) is 2.89. The standard InChI is InChI=1S/C17H15ClN4O3S/c1-8-9(2)26-17-14(8)16(23)20-15(21-17)11(18)6-10-4-5-12(19-3)13(7-10)22(24)25/h4-7,19H,1-3H3,(H,20,21,23)/b11-6-. The molecule has 3 rings (SSSR count). The molecule has 2 aromatic heterocycles. The third kappa shape index (κ3) is 3.21. The highest BCUT2D eigenvalue weighted by Crippen LogP contribution is 2.30. The van der Waals surface area contributed by atoms with Crippen molar-refractivity contribution in [3.8, 4) is 0 Å². The molecule has 3 aromatic rings. The van der Waals surface area contributed by atoms with E-state index in [4.69, 9.17) is 11.6 Å². The molecule has 7 nitrogen and oxygen atoms in total. The number of rotatable bonds is 4. The number of fused-ring (bicyclic) bond motifs is 1. The molecule has 0 fully saturated rings. The van der Waals surface area contributed by atoms with Crippen molar-refractivity contribution in [2.75, 3.05) is 12.4 Å². The van der Waals surface area contributed by atoms with E-state index < -0.39 is 4.92 Å². The van der Waals surface area contributed by atoms with Crippen molar-refractivity contribution in [1.82, 2.24) is 9.97 Å². The largest absolute Gasteiger partial charge is 0.383 e. The normalized spacial score (nSPS) is 11.8. The summed E-state index contributed by atoms with van der Waals surface area (Å²) in [7, 11) is 1.61. The quantitative estimate of drug-likeness (QED) is 0.511. The highest BCUT2D eigenvalue weighted by Gasteiger charge is 2.15. The summed E-state index contributed by atoms with van der Waals surface area (Å²) in [6.07, 6.45) is 1.53. The molecule has 26 heavy (non-hydrogen) atoms. The first kappa shape index (κ1) is 18.1. The number of hydrogen-bond donors (Lipinski definition) is 2. The number of benzene rings is 1. The molecule has 2 N–H and O–H groups in total. The second kappa shape index (κ2) is 6.89. The smallest absolute Gasteiger partial charge is 0.292 e. The van der Waals surface area contributed by atoms with Crippen LogP contribution >= 0.6 is 22.9 Å². The molecule has 9 heteroatoms. The molecule has 0 radical (unpaired) electrons. The van der Waals surface area contributed by atoms with E-state index in [1.54, 1.807) is 19.2 Å². The van der Waals surface area contributed by atoms with Crippen LogP contribution in [0.3, 0.4) is 0 Å². The van der Waals surface area contributed by atoms with Crippen molar-refractivity contribution < 1.29 is 4.92 Å². The number of aromatic nitrogens is 2. The van der Waals surface area contributed by atoms with E-state index in [1.807, 2.05) is 13.8 Å². The van der Waals surface area contributed by atoms with Gasteiger partial charge in [-0.25, -0.2) is 4.98 Å². The Morgan fingerprint density at radius 1 is 1.42 bits per heavy atom. The second-order valence-electron chi connectivity index (χ2n) is 5.65. The van der Waals surface area contributed by atoms with Crippen LogP contribution in [0.15, 0.2) is 23.0 Å². The van der Waals surface area contributed by atoms with Crippen LogP contribution in [-0.2, 0) is 0 Å². The summed E-state index contributed by atoms with van der Waals surface area (Å²) in [5, 5.41) is 14.7. The Kier molecular flexibility index (Phi) is 4.80. The maximum atomic E-state index is 12.3. The van der Waals surface area contributed by atoms with Gasteiger partial charge >= 0.3 is 0 Å². The number of nitrogens with one attached hydrogen (secondary N) is 2. The minimum Gasteiger partial charge on any atom is -0.383 e. The van der Waals surface area contributed by atoms with Gasteiger partial charge in [0.2, 0.25) is 0 Å². The molecule has 0 amide bonds. The Bertz CT molecular complexity index is 1120. The fourth-order valence-electron chi connectivity index (χ4n) is 2.58. The summed E-state index contributed by atoms with van der Waals surface area (Å²) in [4.78, 5) is 31.8. The number of aryl methyl sites for hydroxylation is 2. The van der Waals surface area contributed by atoms with E-state index in [0.29, 0.717) is 21.5 Å². The van der Waals surface area contributed by atoms with Crippen LogP contribution < -0.4 is 10.9 Å². The van der Waals surface area contributed by atoms with Crippen LogP contribution in [-0.4, -0.2) is 21.9 Å². The summed E-state index contributed by atoms with van der Waals surface area (Å²) in [5.74, 6) is 0.228. The number of aromatic amines is 1. The van der Waals surface area contributed by atoms with Gasteiger partial charge in [0.15, 0.2) is 5.82 Å². The zero-order chi connectivity index (χ0) is 19.0. The van der Waals surface area contributed by atoms with Crippen molar-refractivity contribution in [2.24, 2.45) is 0 Å². The lowest BCUT2D eigenvalue weighted by Gasteiger charge is -2.04. The summed E-state index contributed by atoms with van der Waals surface area (Å²) in [6.45, 7) is 3.81. The predicted octanol–water partition coefficient (Wildman–Crippen LogP) is 4.29. The summed E-state index contributed by atoms with van der Waals surface area (Å²) in [5.41, 5.74) is 1.52. The van der Waals surface area contributed by atoms with Gasteiger partial charge in [-0.15, -0.1) is 11.3 Å². The number of nitro groups is 1. The minimum atomic E-state index is -0.472. The van der Waals surface area contributed by atoms with Crippen molar-refractivity contribution in [2.45, 2.75) is 13.8 Å². The van der Waals surface area contributed by atoms with E-state index in [9.17, 15) is 14.9 Å². The summed E-state index contributed by atoms with van der Waals surface area (Å²) >= 11 is 7.74. The zero-order valence-corrected chi connectivity index (χ0v) is 15.8. The van der Waals surface area contributed by atoms with Crippen molar-refractivity contribution in [3.63, 3.8) is 0 Å². The second-order valence-corrected chi connectivity index (χ2v) is 7.26. The monoisotopic (exact) mass is 390 g/mol. The van der Waals surface area contributed by atoms with Gasteiger partial charge in [0.1, 0.15) is 10.5 Å². The fourth-order valence-corrected chi connectivity index (χ4v) is 3.83. The first-order valence-corrected chi connectivity index (χ1v) is 8.85. The van der Waals surface area contributed by atoms with Crippen molar-refractivity contribution >= 4 is 55.6 Å². The first-order valence-electron chi connectivity index (χ1n) is 7.65. The van der Waals surface area contributed by atoms with Gasteiger partial charge in [0.25, 0.3) is 11.2 Å². The van der Waals surface area contributed by atoms with Crippen LogP contribution in [0.5, 0.6) is 0 Å². The number of halogens is 1. The van der Waals surface area contributed by atoms with Gasteiger partial charge in [0, 0.05) is 18.0 Å². The molecule has 2 heterocycles. The van der Waals surface area contributed by atoms with Crippen LogP contribution in [0.2, 0.25) is 0 Å². The Balaban J connectivity index is 2.08. The molecule has 0 spiro atoms. The molecule has 0 saturated carbocycles. The molecule has 0 aliphatic heterocycles. The molecular weight excluding hydrogens is 376 g/mol. The van der Waals surface area contributed by atoms with Gasteiger partial charge in [-0.1, -0.05) is 17.7 Å². The van der Waals surface area contributed by atoms with Crippen molar-refractivity contribution in [3.05, 3.63) is 60.5 Å². The van der Waals surface area contributed by atoms with E-state index in [1.165, 1.54) is 23.5 Å². The van der Waals surface area contributed by atoms with Gasteiger partial charge in [0.05, 0.1) is 15.3 Å². The number of H-pyrrole nitrogens is 1. The molecule has 0 atom stereocenters. The average molecular weight is 391 g/mol. The van der Waals surface area contributed by atoms with Crippen molar-refractivity contribution in [1.29, 1.82) is 0 Å². The lowest BCUT2D eigenvalue weighted by molar-refractivity contribution is -0.383. The molecular formula is C17H15ClN4O3S. The van der Waals surface area contributed by atoms with E-state index in [0.717, 1.165) is 10.4 Å². The summed E-state index contributed by atoms with van der Waals surface area (Å²) in [6, 6.07) is 4.70. The van der Waals surface area contributed by atoms with Crippen LogP contribution in [0.4, 0.5) is 11.4 Å². The van der Waals surface area contributed by atoms with Crippen LogP contribution in [0, 0.1) is 24.0 Å². The van der Waals surface area contributed by atoms with Gasteiger partial charge in [-0.3, -0.25) is 14.9 Å².